The van der Waals surface area contributed by atoms with Gasteiger partial charge in [0.05, 0.1) is 6.61 Å². The molecule has 3 rings (SSSR count). The molecule has 6 heteroatoms. The number of hydrogen-bond acceptors (Lipinski definition) is 4. The van der Waals surface area contributed by atoms with Crippen molar-refractivity contribution in [3.63, 3.8) is 0 Å². The first-order chi connectivity index (χ1) is 9.10. The summed E-state index contributed by atoms with van der Waals surface area (Å²) in [5.74, 6) is 2.02. The van der Waals surface area contributed by atoms with Gasteiger partial charge in [-0.1, -0.05) is 0 Å². The Morgan fingerprint density at radius 1 is 1.32 bits per heavy atom. The van der Waals surface area contributed by atoms with Crippen molar-refractivity contribution in [2.24, 2.45) is 17.8 Å². The molecule has 2 aliphatic rings. The Labute approximate surface area is 117 Å². The summed E-state index contributed by atoms with van der Waals surface area (Å²) in [5.41, 5.74) is 0.659. The van der Waals surface area contributed by atoms with Gasteiger partial charge < -0.3 is 5.11 Å². The second kappa shape index (κ2) is 5.16. The van der Waals surface area contributed by atoms with E-state index in [0.717, 1.165) is 11.8 Å². The van der Waals surface area contributed by atoms with Crippen LogP contribution < -0.4 is 4.72 Å². The number of sulfonamides is 1. The number of hydrogen-bond donors (Lipinski definition) is 2. The van der Waals surface area contributed by atoms with Gasteiger partial charge >= 0.3 is 0 Å². The van der Waals surface area contributed by atoms with Crippen LogP contribution in [-0.2, 0) is 16.6 Å². The molecule has 1 aromatic heterocycles. The van der Waals surface area contributed by atoms with Crippen LogP contribution in [0.25, 0.3) is 0 Å². The third kappa shape index (κ3) is 3.18. The molecule has 1 aromatic rings. The Balaban J connectivity index is 1.64. The summed E-state index contributed by atoms with van der Waals surface area (Å²) in [6.07, 6.45) is 5.04. The fraction of sp³-hybridized carbons (Fsp3) is 0.692. The fourth-order valence-electron chi connectivity index (χ4n) is 2.62. The summed E-state index contributed by atoms with van der Waals surface area (Å²) in [6, 6.07) is 1.55. The van der Waals surface area contributed by atoms with Crippen molar-refractivity contribution in [3.05, 3.63) is 17.0 Å². The highest BCUT2D eigenvalue weighted by molar-refractivity contribution is 7.91. The Hall–Kier alpha value is -0.430. The average molecular weight is 301 g/mol. The first-order valence-corrected chi connectivity index (χ1v) is 9.14. The van der Waals surface area contributed by atoms with Crippen molar-refractivity contribution in [1.29, 1.82) is 0 Å². The zero-order chi connectivity index (χ0) is 13.5. The molecule has 0 aromatic carbocycles. The molecular weight excluding hydrogens is 282 g/mol. The number of rotatable bonds is 7. The quantitative estimate of drug-likeness (QED) is 0.809. The van der Waals surface area contributed by atoms with Crippen LogP contribution in [0.15, 0.2) is 15.7 Å². The predicted octanol–water partition coefficient (Wildman–Crippen LogP) is 1.95. The number of thiophene rings is 1. The molecule has 0 aliphatic heterocycles. The van der Waals surface area contributed by atoms with E-state index in [9.17, 15) is 8.42 Å². The summed E-state index contributed by atoms with van der Waals surface area (Å²) in [5, 5.41) is 10.7. The second-order valence-corrected chi connectivity index (χ2v) is 8.53. The van der Waals surface area contributed by atoms with Crippen LogP contribution >= 0.6 is 11.3 Å². The maximum absolute atomic E-state index is 12.2. The molecule has 0 bridgehead atoms. The van der Waals surface area contributed by atoms with Crippen LogP contribution in [0.3, 0.4) is 0 Å². The zero-order valence-electron chi connectivity index (χ0n) is 10.7. The molecule has 2 saturated carbocycles. The molecule has 2 fully saturated rings. The van der Waals surface area contributed by atoms with Gasteiger partial charge in [-0.3, -0.25) is 0 Å². The van der Waals surface area contributed by atoms with Crippen LogP contribution in [-0.4, -0.2) is 20.1 Å². The van der Waals surface area contributed by atoms with Crippen LogP contribution in [0.4, 0.5) is 0 Å². The third-order valence-electron chi connectivity index (χ3n) is 4.04. The van der Waals surface area contributed by atoms with Gasteiger partial charge in [0.1, 0.15) is 4.21 Å². The SMILES string of the molecule is O=S(=O)(NCC(C1CC1)C1CC1)c1cc(CO)cs1. The molecule has 0 saturated heterocycles. The molecule has 0 atom stereocenters. The van der Waals surface area contributed by atoms with Crippen molar-refractivity contribution in [2.75, 3.05) is 6.54 Å². The molecule has 106 valence electrons. The van der Waals surface area contributed by atoms with Crippen LogP contribution in [0.2, 0.25) is 0 Å². The topological polar surface area (TPSA) is 66.4 Å². The minimum Gasteiger partial charge on any atom is -0.392 e. The highest BCUT2D eigenvalue weighted by Gasteiger charge is 2.41. The molecule has 4 nitrogen and oxygen atoms in total. The lowest BCUT2D eigenvalue weighted by atomic mass is 9.99. The summed E-state index contributed by atoms with van der Waals surface area (Å²) in [6.45, 7) is 0.461. The maximum atomic E-state index is 12.2. The number of nitrogens with one attached hydrogen (secondary N) is 1. The van der Waals surface area contributed by atoms with Crippen molar-refractivity contribution in [2.45, 2.75) is 36.5 Å². The Morgan fingerprint density at radius 2 is 1.95 bits per heavy atom. The molecular formula is C13H19NO3S2. The summed E-state index contributed by atoms with van der Waals surface area (Å²) in [4.78, 5) is 0. The van der Waals surface area contributed by atoms with Crippen molar-refractivity contribution in [3.8, 4) is 0 Å². The number of aliphatic hydroxyl groups is 1. The van der Waals surface area contributed by atoms with Gasteiger partial charge in [-0.25, -0.2) is 13.1 Å². The lowest BCUT2D eigenvalue weighted by Gasteiger charge is -2.15. The third-order valence-corrected chi connectivity index (χ3v) is 6.95. The monoisotopic (exact) mass is 301 g/mol. The first kappa shape index (κ1) is 13.5. The highest BCUT2D eigenvalue weighted by Crippen LogP contribution is 2.48. The normalized spacial score (nSPS) is 20.1. The molecule has 0 unspecified atom stereocenters. The average Bonchev–Trinajstić information content (AvgIpc) is 3.30. The van der Waals surface area contributed by atoms with Crippen molar-refractivity contribution in [1.82, 2.24) is 4.72 Å². The van der Waals surface area contributed by atoms with E-state index >= 15 is 0 Å². The molecule has 2 aliphatic carbocycles. The minimum absolute atomic E-state index is 0.112. The van der Waals surface area contributed by atoms with Gasteiger partial charge in [0.15, 0.2) is 0 Å². The Bertz CT molecular complexity index is 532. The number of aliphatic hydroxyl groups excluding tert-OH is 1. The molecule has 0 amide bonds. The highest BCUT2D eigenvalue weighted by atomic mass is 32.2. The van der Waals surface area contributed by atoms with Crippen LogP contribution in [0, 0.1) is 17.8 Å². The first-order valence-electron chi connectivity index (χ1n) is 6.78. The van der Waals surface area contributed by atoms with E-state index in [1.165, 1.54) is 37.0 Å². The van der Waals surface area contributed by atoms with Gasteiger partial charge in [0.2, 0.25) is 10.0 Å². The van der Waals surface area contributed by atoms with Gasteiger partial charge in [0, 0.05) is 6.54 Å². The summed E-state index contributed by atoms with van der Waals surface area (Å²) in [7, 11) is -3.40. The Morgan fingerprint density at radius 3 is 2.42 bits per heavy atom. The van der Waals surface area contributed by atoms with Crippen molar-refractivity contribution >= 4 is 21.4 Å². The largest absolute Gasteiger partial charge is 0.392 e. The van der Waals surface area contributed by atoms with E-state index in [1.807, 2.05) is 0 Å². The van der Waals surface area contributed by atoms with Gasteiger partial charge in [-0.2, -0.15) is 0 Å². The van der Waals surface area contributed by atoms with E-state index in [-0.39, 0.29) is 6.61 Å². The fourth-order valence-corrected chi connectivity index (χ4v) is 4.94. The maximum Gasteiger partial charge on any atom is 0.250 e. The van der Waals surface area contributed by atoms with Crippen LogP contribution in [0.1, 0.15) is 31.2 Å². The van der Waals surface area contributed by atoms with Crippen LogP contribution in [0.5, 0.6) is 0 Å². The molecule has 0 radical (unpaired) electrons. The standard InChI is InChI=1S/C13H19NO3S2/c15-7-9-5-13(18-8-9)19(16,17)14-6-12(10-1-2-10)11-3-4-11/h5,8,10-12,14-15H,1-4,6-7H2. The molecule has 2 N–H and O–H groups in total. The Kier molecular flexibility index (Phi) is 3.68. The predicted molar refractivity (Wildman–Crippen MR) is 74.4 cm³/mol. The summed E-state index contributed by atoms with van der Waals surface area (Å²) >= 11 is 1.17. The lowest BCUT2D eigenvalue weighted by Crippen LogP contribution is -2.30. The molecule has 1 heterocycles. The van der Waals surface area contributed by atoms with Gasteiger partial charge in [-0.05, 0) is 60.4 Å². The minimum atomic E-state index is -3.40. The smallest absolute Gasteiger partial charge is 0.250 e. The zero-order valence-corrected chi connectivity index (χ0v) is 12.3. The van der Waals surface area contributed by atoms with Crippen molar-refractivity contribution < 1.29 is 13.5 Å². The van der Waals surface area contributed by atoms with Gasteiger partial charge in [-0.15, -0.1) is 11.3 Å². The molecule has 0 spiro atoms. The van der Waals surface area contributed by atoms with E-state index in [2.05, 4.69) is 4.72 Å². The van der Waals surface area contributed by atoms with E-state index < -0.39 is 10.0 Å². The van der Waals surface area contributed by atoms with Gasteiger partial charge in [0.25, 0.3) is 0 Å². The van der Waals surface area contributed by atoms with E-state index in [0.29, 0.717) is 22.2 Å². The summed E-state index contributed by atoms with van der Waals surface area (Å²) < 4.78 is 27.4. The van der Waals surface area contributed by atoms with E-state index in [1.54, 1.807) is 11.4 Å². The van der Waals surface area contributed by atoms with E-state index in [4.69, 9.17) is 5.11 Å². The lowest BCUT2D eigenvalue weighted by molar-refractivity contribution is 0.282. The second-order valence-electron chi connectivity index (χ2n) is 5.62. The molecule has 19 heavy (non-hydrogen) atoms.